The van der Waals surface area contributed by atoms with E-state index >= 15 is 0 Å². The van der Waals surface area contributed by atoms with Crippen molar-refractivity contribution in [1.29, 1.82) is 0 Å². The highest BCUT2D eigenvalue weighted by Gasteiger charge is 2.19. The molecule has 2 heterocycles. The van der Waals surface area contributed by atoms with Crippen LogP contribution in [0.3, 0.4) is 0 Å². The van der Waals surface area contributed by atoms with E-state index < -0.39 is 0 Å². The number of nitrogens with one attached hydrogen (secondary N) is 2. The molecule has 0 amide bonds. The molecule has 5 rings (SSSR count). The van der Waals surface area contributed by atoms with Crippen molar-refractivity contribution in [2.24, 2.45) is 0 Å². The molecule has 2 N–H and O–H groups in total. The number of hydrogen-bond acceptors (Lipinski definition) is 2. The Morgan fingerprint density at radius 1 is 0.926 bits per heavy atom. The van der Waals surface area contributed by atoms with E-state index in [2.05, 4.69) is 47.2 Å². The predicted molar refractivity (Wildman–Crippen MR) is 108 cm³/mol. The molecule has 3 aromatic carbocycles. The van der Waals surface area contributed by atoms with Crippen molar-refractivity contribution in [1.82, 2.24) is 9.97 Å². The lowest BCUT2D eigenvalue weighted by molar-refractivity contribution is 0.307. The summed E-state index contributed by atoms with van der Waals surface area (Å²) in [7, 11) is 0. The third-order valence-corrected chi connectivity index (χ3v) is 4.97. The number of aryl methyl sites for hydroxylation is 1. The van der Waals surface area contributed by atoms with E-state index in [0.29, 0.717) is 6.61 Å². The van der Waals surface area contributed by atoms with E-state index in [9.17, 15) is 4.79 Å². The first-order valence-corrected chi connectivity index (χ1v) is 8.93. The zero-order valence-corrected chi connectivity index (χ0v) is 14.9. The van der Waals surface area contributed by atoms with Crippen LogP contribution >= 0.6 is 0 Å². The van der Waals surface area contributed by atoms with E-state index in [1.807, 2.05) is 36.4 Å². The molecule has 0 radical (unpaired) electrons. The Morgan fingerprint density at radius 3 is 2.70 bits per heavy atom. The van der Waals surface area contributed by atoms with Crippen molar-refractivity contribution in [2.75, 3.05) is 0 Å². The Morgan fingerprint density at radius 2 is 1.78 bits per heavy atom. The average Bonchev–Trinajstić information content (AvgIpc) is 2.97. The van der Waals surface area contributed by atoms with Gasteiger partial charge in [0, 0.05) is 5.56 Å². The summed E-state index contributed by atoms with van der Waals surface area (Å²) in [4.78, 5) is 17.2. The van der Waals surface area contributed by atoms with Crippen molar-refractivity contribution in [3.63, 3.8) is 0 Å². The summed E-state index contributed by atoms with van der Waals surface area (Å²) >= 11 is 0. The average molecular weight is 354 g/mol. The lowest BCUT2D eigenvalue weighted by Crippen LogP contribution is -1.99. The number of rotatable bonds is 1. The highest BCUT2D eigenvalue weighted by molar-refractivity contribution is 5.95. The Balaban J connectivity index is 1.76. The van der Waals surface area contributed by atoms with Gasteiger partial charge < -0.3 is 14.7 Å². The lowest BCUT2D eigenvalue weighted by atomic mass is 9.91. The number of aromatic amines is 2. The van der Waals surface area contributed by atoms with Crippen LogP contribution in [0.25, 0.3) is 22.7 Å². The maximum atomic E-state index is 11.6. The minimum absolute atomic E-state index is 0.191. The molecule has 4 heteroatoms. The van der Waals surface area contributed by atoms with Crippen molar-refractivity contribution in [2.45, 2.75) is 13.5 Å². The number of imidazole rings is 1. The van der Waals surface area contributed by atoms with Crippen LogP contribution in [0.5, 0.6) is 5.75 Å². The number of fused-ring (bicyclic) bond motifs is 3. The van der Waals surface area contributed by atoms with Crippen LogP contribution in [0.15, 0.2) is 65.5 Å². The Labute approximate surface area is 156 Å². The lowest BCUT2D eigenvalue weighted by Gasteiger charge is -2.11. The molecular weight excluding hydrogens is 336 g/mol. The number of H-pyrrole nitrogens is 2. The van der Waals surface area contributed by atoms with Crippen LogP contribution in [-0.4, -0.2) is 9.97 Å². The Hall–Kier alpha value is -3.53. The van der Waals surface area contributed by atoms with Gasteiger partial charge in [-0.25, -0.2) is 4.79 Å². The van der Waals surface area contributed by atoms with E-state index in [1.54, 1.807) is 0 Å². The maximum Gasteiger partial charge on any atom is 0.323 e. The van der Waals surface area contributed by atoms with Gasteiger partial charge in [-0.2, -0.15) is 0 Å². The molecule has 4 aromatic rings. The fourth-order valence-corrected chi connectivity index (χ4v) is 3.64. The van der Waals surface area contributed by atoms with E-state index in [4.69, 9.17) is 4.74 Å². The fourth-order valence-electron chi connectivity index (χ4n) is 3.64. The summed E-state index contributed by atoms with van der Waals surface area (Å²) in [5.41, 5.74) is 8.20. The molecule has 0 spiro atoms. The molecule has 1 aromatic heterocycles. The molecule has 0 bridgehead atoms. The normalized spacial score (nSPS) is 14.5. The third kappa shape index (κ3) is 2.75. The Kier molecular flexibility index (Phi) is 3.50. The largest absolute Gasteiger partial charge is 0.488 e. The number of para-hydroxylation sites is 1. The summed E-state index contributed by atoms with van der Waals surface area (Å²) in [6, 6.07) is 20.5. The summed E-state index contributed by atoms with van der Waals surface area (Å²) in [6.07, 6.45) is 2.16. The topological polar surface area (TPSA) is 57.9 Å². The smallest absolute Gasteiger partial charge is 0.323 e. The van der Waals surface area contributed by atoms with Gasteiger partial charge in [0.1, 0.15) is 12.4 Å². The van der Waals surface area contributed by atoms with Crippen LogP contribution in [0, 0.1) is 6.92 Å². The molecule has 0 atom stereocenters. The van der Waals surface area contributed by atoms with Crippen LogP contribution in [-0.2, 0) is 6.61 Å². The first-order chi connectivity index (χ1) is 13.2. The third-order valence-electron chi connectivity index (χ3n) is 4.97. The molecule has 132 valence electrons. The standard InChI is InChI=1S/C23H18N2O2/c1-14-6-8-16-13-27-22-5-3-2-4-17(22)19(18(16)10-14)11-15-7-9-20-21(12-15)25-23(26)24-20/h2-12H,13H2,1H3,(H2,24,25,26)/b19-11+. The van der Waals surface area contributed by atoms with Crippen LogP contribution < -0.4 is 10.4 Å². The molecule has 0 unspecified atom stereocenters. The molecule has 4 nitrogen and oxygen atoms in total. The number of aromatic nitrogens is 2. The number of hydrogen-bond donors (Lipinski definition) is 2. The van der Waals surface area contributed by atoms with Gasteiger partial charge in [0.2, 0.25) is 0 Å². The summed E-state index contributed by atoms with van der Waals surface area (Å²) in [6.45, 7) is 2.65. The summed E-state index contributed by atoms with van der Waals surface area (Å²) < 4.78 is 6.06. The van der Waals surface area contributed by atoms with E-state index in [-0.39, 0.29) is 5.69 Å². The summed E-state index contributed by atoms with van der Waals surface area (Å²) in [5, 5.41) is 0. The monoisotopic (exact) mass is 354 g/mol. The molecule has 1 aliphatic heterocycles. The molecule has 0 saturated carbocycles. The Bertz CT molecular complexity index is 1260. The van der Waals surface area contributed by atoms with E-state index in [1.165, 1.54) is 16.7 Å². The van der Waals surface area contributed by atoms with Gasteiger partial charge >= 0.3 is 5.69 Å². The van der Waals surface area contributed by atoms with E-state index in [0.717, 1.165) is 33.5 Å². The van der Waals surface area contributed by atoms with Crippen LogP contribution in [0.1, 0.15) is 27.8 Å². The second kappa shape index (κ2) is 6.02. The predicted octanol–water partition coefficient (Wildman–Crippen LogP) is 4.65. The van der Waals surface area contributed by atoms with Crippen LogP contribution in [0.2, 0.25) is 0 Å². The minimum Gasteiger partial charge on any atom is -0.488 e. The highest BCUT2D eigenvalue weighted by Crippen LogP contribution is 2.38. The molecule has 0 aliphatic carbocycles. The number of benzene rings is 3. The maximum absolute atomic E-state index is 11.6. The quantitative estimate of drug-likeness (QED) is 0.523. The van der Waals surface area contributed by atoms with Crippen molar-refractivity contribution in [3.05, 3.63) is 99.0 Å². The van der Waals surface area contributed by atoms with Gasteiger partial charge in [-0.1, -0.05) is 48.0 Å². The zero-order chi connectivity index (χ0) is 18.4. The highest BCUT2D eigenvalue weighted by atomic mass is 16.5. The van der Waals surface area contributed by atoms with Gasteiger partial charge in [-0.3, -0.25) is 0 Å². The van der Waals surface area contributed by atoms with Crippen molar-refractivity contribution < 1.29 is 4.74 Å². The fraction of sp³-hybridized carbons (Fsp3) is 0.0870. The molecule has 27 heavy (non-hydrogen) atoms. The first-order valence-electron chi connectivity index (χ1n) is 8.93. The van der Waals surface area contributed by atoms with Gasteiger partial charge in [-0.05, 0) is 53.5 Å². The zero-order valence-electron chi connectivity index (χ0n) is 14.9. The van der Waals surface area contributed by atoms with Crippen molar-refractivity contribution >= 4 is 22.7 Å². The van der Waals surface area contributed by atoms with Gasteiger partial charge in [-0.15, -0.1) is 0 Å². The van der Waals surface area contributed by atoms with Gasteiger partial charge in [0.25, 0.3) is 0 Å². The second-order valence-electron chi connectivity index (χ2n) is 6.89. The number of ether oxygens (including phenoxy) is 1. The summed E-state index contributed by atoms with van der Waals surface area (Å²) in [5.74, 6) is 0.883. The van der Waals surface area contributed by atoms with Gasteiger partial charge in [0.05, 0.1) is 11.0 Å². The molecule has 1 aliphatic rings. The van der Waals surface area contributed by atoms with Crippen molar-refractivity contribution in [3.8, 4) is 5.75 Å². The SMILES string of the molecule is Cc1ccc2c(c1)/C(=C/c1ccc3[nH]c(=O)[nH]c3c1)c1ccccc1OC2. The second-order valence-corrected chi connectivity index (χ2v) is 6.89. The molecular formula is C23H18N2O2. The molecule has 0 fully saturated rings. The van der Waals surface area contributed by atoms with Gasteiger partial charge in [0.15, 0.2) is 0 Å². The first kappa shape index (κ1) is 15.7. The molecule has 0 saturated heterocycles. The minimum atomic E-state index is -0.191. The van der Waals surface area contributed by atoms with Crippen LogP contribution in [0.4, 0.5) is 0 Å².